The fourth-order valence-corrected chi connectivity index (χ4v) is 2.41. The molecule has 3 nitrogen and oxygen atoms in total. The Morgan fingerprint density at radius 3 is 2.11 bits per heavy atom. The number of hydrogen-bond acceptors (Lipinski definition) is 3. The average Bonchev–Trinajstić information content (AvgIpc) is 2.39. The normalized spacial score (nSPS) is 14.6. The Morgan fingerprint density at radius 1 is 1.11 bits per heavy atom. The molecule has 0 aliphatic carbocycles. The Labute approximate surface area is 111 Å². The van der Waals surface area contributed by atoms with Gasteiger partial charge < -0.3 is 15.4 Å². The molecule has 2 N–H and O–H groups in total. The molecule has 0 aromatic heterocycles. The summed E-state index contributed by atoms with van der Waals surface area (Å²) in [6.07, 6.45) is 0. The summed E-state index contributed by atoms with van der Waals surface area (Å²) in [6, 6.07) is 8.70. The lowest BCUT2D eigenvalue weighted by molar-refractivity contribution is 0.284. The van der Waals surface area contributed by atoms with Gasteiger partial charge in [-0.1, -0.05) is 26.0 Å². The van der Waals surface area contributed by atoms with Crippen LogP contribution < -0.4 is 15.4 Å². The minimum atomic E-state index is 0.364. The van der Waals surface area contributed by atoms with Crippen molar-refractivity contribution in [2.75, 3.05) is 27.7 Å². The van der Waals surface area contributed by atoms with Gasteiger partial charge in [-0.2, -0.15) is 0 Å². The van der Waals surface area contributed by atoms with Gasteiger partial charge in [0.05, 0.1) is 7.11 Å². The van der Waals surface area contributed by atoms with E-state index in [-0.39, 0.29) is 0 Å². The zero-order valence-corrected chi connectivity index (χ0v) is 12.2. The lowest BCUT2D eigenvalue weighted by atomic mass is 9.84. The first-order valence-corrected chi connectivity index (χ1v) is 6.59. The molecular formula is C15H26N2O. The van der Waals surface area contributed by atoms with E-state index in [1.807, 2.05) is 26.2 Å². The van der Waals surface area contributed by atoms with Gasteiger partial charge in [-0.25, -0.2) is 0 Å². The highest BCUT2D eigenvalue weighted by Gasteiger charge is 2.24. The molecule has 2 atom stereocenters. The highest BCUT2D eigenvalue weighted by molar-refractivity contribution is 5.29. The van der Waals surface area contributed by atoms with Crippen LogP contribution in [0.3, 0.4) is 0 Å². The summed E-state index contributed by atoms with van der Waals surface area (Å²) in [5, 5.41) is 6.73. The predicted molar refractivity (Wildman–Crippen MR) is 77.0 cm³/mol. The molecule has 0 radical (unpaired) electrons. The number of methoxy groups -OCH3 is 1. The maximum atomic E-state index is 5.21. The quantitative estimate of drug-likeness (QED) is 0.780. The third kappa shape index (κ3) is 3.72. The SMILES string of the molecule is CNCC(C(C)C)C(NC)c1ccc(OC)cc1. The van der Waals surface area contributed by atoms with Gasteiger partial charge in [0.1, 0.15) is 5.75 Å². The van der Waals surface area contributed by atoms with Crippen LogP contribution in [0.25, 0.3) is 0 Å². The summed E-state index contributed by atoms with van der Waals surface area (Å²) in [6.45, 7) is 5.56. The molecule has 0 amide bonds. The molecule has 2 unspecified atom stereocenters. The van der Waals surface area contributed by atoms with Gasteiger partial charge in [0, 0.05) is 6.04 Å². The van der Waals surface area contributed by atoms with Gasteiger partial charge in [-0.3, -0.25) is 0 Å². The van der Waals surface area contributed by atoms with Crippen molar-refractivity contribution in [3.63, 3.8) is 0 Å². The number of rotatable bonds is 7. The van der Waals surface area contributed by atoms with Crippen molar-refractivity contribution in [2.45, 2.75) is 19.9 Å². The second-order valence-corrected chi connectivity index (χ2v) is 5.01. The molecule has 0 spiro atoms. The lowest BCUT2D eigenvalue weighted by Crippen LogP contribution is -2.35. The van der Waals surface area contributed by atoms with Gasteiger partial charge in [0.15, 0.2) is 0 Å². The third-order valence-electron chi connectivity index (χ3n) is 3.51. The number of ether oxygens (including phenoxy) is 1. The maximum Gasteiger partial charge on any atom is 0.118 e. The number of nitrogens with one attached hydrogen (secondary N) is 2. The summed E-state index contributed by atoms with van der Waals surface area (Å²) < 4.78 is 5.21. The van der Waals surface area contributed by atoms with Crippen LogP contribution in [-0.4, -0.2) is 27.7 Å². The Kier molecular flexibility index (Phi) is 6.16. The van der Waals surface area contributed by atoms with Crippen molar-refractivity contribution in [1.82, 2.24) is 10.6 Å². The predicted octanol–water partition coefficient (Wildman–Crippen LogP) is 2.45. The Morgan fingerprint density at radius 2 is 1.72 bits per heavy atom. The molecule has 1 aromatic rings. The standard InChI is InChI=1S/C15H26N2O/c1-11(2)14(10-16-3)15(17-4)12-6-8-13(18-5)9-7-12/h6-9,11,14-17H,10H2,1-5H3. The largest absolute Gasteiger partial charge is 0.497 e. The summed E-state index contributed by atoms with van der Waals surface area (Å²) in [7, 11) is 5.73. The van der Waals surface area contributed by atoms with Crippen molar-refractivity contribution in [1.29, 1.82) is 0 Å². The highest BCUT2D eigenvalue weighted by Crippen LogP contribution is 2.28. The molecule has 18 heavy (non-hydrogen) atoms. The second-order valence-electron chi connectivity index (χ2n) is 5.01. The fourth-order valence-electron chi connectivity index (χ4n) is 2.41. The van der Waals surface area contributed by atoms with Crippen LogP contribution in [0.15, 0.2) is 24.3 Å². The van der Waals surface area contributed by atoms with E-state index in [1.54, 1.807) is 7.11 Å². The molecular weight excluding hydrogens is 224 g/mol. The van der Waals surface area contributed by atoms with Crippen LogP contribution >= 0.6 is 0 Å². The van der Waals surface area contributed by atoms with Crippen molar-refractivity contribution < 1.29 is 4.74 Å². The molecule has 3 heteroatoms. The zero-order chi connectivity index (χ0) is 13.5. The molecule has 1 aromatic carbocycles. The van der Waals surface area contributed by atoms with Crippen molar-refractivity contribution in [2.24, 2.45) is 11.8 Å². The van der Waals surface area contributed by atoms with E-state index in [9.17, 15) is 0 Å². The van der Waals surface area contributed by atoms with E-state index in [1.165, 1.54) is 5.56 Å². The van der Waals surface area contributed by atoms with E-state index in [0.29, 0.717) is 17.9 Å². The summed E-state index contributed by atoms with van der Waals surface area (Å²) >= 11 is 0. The molecule has 1 rings (SSSR count). The smallest absolute Gasteiger partial charge is 0.118 e. The van der Waals surface area contributed by atoms with E-state index >= 15 is 0 Å². The molecule has 0 aliphatic rings. The Hall–Kier alpha value is -1.06. The summed E-state index contributed by atoms with van der Waals surface area (Å²) in [5.74, 6) is 2.09. The van der Waals surface area contributed by atoms with Crippen LogP contribution in [-0.2, 0) is 0 Å². The van der Waals surface area contributed by atoms with Crippen LogP contribution in [0.1, 0.15) is 25.5 Å². The highest BCUT2D eigenvalue weighted by atomic mass is 16.5. The topological polar surface area (TPSA) is 33.3 Å². The molecule has 0 saturated carbocycles. The van der Waals surface area contributed by atoms with Crippen LogP contribution in [0, 0.1) is 11.8 Å². The average molecular weight is 250 g/mol. The molecule has 0 fully saturated rings. The van der Waals surface area contributed by atoms with Crippen LogP contribution in [0.2, 0.25) is 0 Å². The van der Waals surface area contributed by atoms with E-state index in [2.05, 4.69) is 36.6 Å². The minimum Gasteiger partial charge on any atom is -0.497 e. The number of benzene rings is 1. The van der Waals surface area contributed by atoms with E-state index in [4.69, 9.17) is 4.74 Å². The van der Waals surface area contributed by atoms with Gasteiger partial charge in [0.25, 0.3) is 0 Å². The van der Waals surface area contributed by atoms with E-state index < -0.39 is 0 Å². The zero-order valence-electron chi connectivity index (χ0n) is 12.2. The van der Waals surface area contributed by atoms with Gasteiger partial charge >= 0.3 is 0 Å². The van der Waals surface area contributed by atoms with Crippen molar-refractivity contribution in [3.8, 4) is 5.75 Å². The van der Waals surface area contributed by atoms with Gasteiger partial charge in [-0.15, -0.1) is 0 Å². The number of hydrogen-bond donors (Lipinski definition) is 2. The fraction of sp³-hybridized carbons (Fsp3) is 0.600. The first-order valence-electron chi connectivity index (χ1n) is 6.59. The van der Waals surface area contributed by atoms with Crippen LogP contribution in [0.5, 0.6) is 5.75 Å². The molecule has 102 valence electrons. The summed E-state index contributed by atoms with van der Waals surface area (Å²) in [4.78, 5) is 0. The molecule has 0 aliphatic heterocycles. The summed E-state index contributed by atoms with van der Waals surface area (Å²) in [5.41, 5.74) is 1.31. The van der Waals surface area contributed by atoms with Gasteiger partial charge in [0.2, 0.25) is 0 Å². The maximum absolute atomic E-state index is 5.21. The monoisotopic (exact) mass is 250 g/mol. The second kappa shape index (κ2) is 7.39. The third-order valence-corrected chi connectivity index (χ3v) is 3.51. The first-order chi connectivity index (χ1) is 8.63. The lowest BCUT2D eigenvalue weighted by Gasteiger charge is -2.30. The van der Waals surface area contributed by atoms with Crippen molar-refractivity contribution in [3.05, 3.63) is 29.8 Å². The van der Waals surface area contributed by atoms with Crippen LogP contribution in [0.4, 0.5) is 0 Å². The Bertz CT molecular complexity index is 335. The first kappa shape index (κ1) is 15.0. The Balaban J connectivity index is 2.91. The van der Waals surface area contributed by atoms with Gasteiger partial charge in [-0.05, 0) is 50.2 Å². The van der Waals surface area contributed by atoms with Crippen molar-refractivity contribution >= 4 is 0 Å². The molecule has 0 saturated heterocycles. The molecule has 0 heterocycles. The molecule has 0 bridgehead atoms. The van der Waals surface area contributed by atoms with E-state index in [0.717, 1.165) is 12.3 Å². The minimum absolute atomic E-state index is 0.364.